The van der Waals surface area contributed by atoms with E-state index < -0.39 is 0 Å². The van der Waals surface area contributed by atoms with Crippen LogP contribution in [-0.2, 0) is 0 Å². The van der Waals surface area contributed by atoms with Crippen LogP contribution < -0.4 is 10.1 Å². The maximum Gasteiger partial charge on any atom is 0.134 e. The van der Waals surface area contributed by atoms with Crippen LogP contribution >= 0.6 is 11.3 Å². The molecule has 1 aliphatic carbocycles. The number of rotatable bonds is 4. The second-order valence-corrected chi connectivity index (χ2v) is 5.82. The van der Waals surface area contributed by atoms with Crippen LogP contribution in [0.25, 0.3) is 0 Å². The van der Waals surface area contributed by atoms with Gasteiger partial charge in [0.05, 0.1) is 12.0 Å². The van der Waals surface area contributed by atoms with E-state index in [9.17, 15) is 0 Å². The van der Waals surface area contributed by atoms with Crippen LogP contribution in [0, 0.1) is 5.92 Å². The highest BCUT2D eigenvalue weighted by Crippen LogP contribution is 2.39. The summed E-state index contributed by atoms with van der Waals surface area (Å²) in [5.74, 6) is 1.83. The van der Waals surface area contributed by atoms with Crippen molar-refractivity contribution < 1.29 is 4.74 Å². The van der Waals surface area contributed by atoms with Crippen molar-refractivity contribution >= 4 is 11.3 Å². The lowest BCUT2D eigenvalue weighted by atomic mass is 9.90. The smallest absolute Gasteiger partial charge is 0.134 e. The molecular formula is C14H23NOS. The molecule has 1 unspecified atom stereocenters. The van der Waals surface area contributed by atoms with Crippen molar-refractivity contribution in [1.82, 2.24) is 5.32 Å². The second kappa shape index (κ2) is 6.41. The fourth-order valence-corrected chi connectivity index (χ4v) is 3.99. The van der Waals surface area contributed by atoms with Gasteiger partial charge in [-0.1, -0.05) is 25.7 Å². The van der Waals surface area contributed by atoms with Gasteiger partial charge in [0.2, 0.25) is 0 Å². The molecule has 1 fully saturated rings. The summed E-state index contributed by atoms with van der Waals surface area (Å²) in [6, 6.07) is 2.56. The Bertz CT molecular complexity index is 329. The van der Waals surface area contributed by atoms with Crippen molar-refractivity contribution in [1.29, 1.82) is 0 Å². The molecule has 96 valence electrons. The summed E-state index contributed by atoms with van der Waals surface area (Å²) >= 11 is 1.82. The zero-order valence-electron chi connectivity index (χ0n) is 10.9. The Kier molecular flexibility index (Phi) is 4.86. The highest BCUT2D eigenvalue weighted by Gasteiger charge is 2.26. The fourth-order valence-electron chi connectivity index (χ4n) is 2.93. The lowest BCUT2D eigenvalue weighted by Gasteiger charge is -2.25. The standard InChI is InChI=1S/C14H23NOS/c1-15-13(11-7-5-3-4-6-8-11)14-12(16-2)9-10-17-14/h9-11,13,15H,3-8H2,1-2H3. The summed E-state index contributed by atoms with van der Waals surface area (Å²) < 4.78 is 5.46. The SMILES string of the molecule is CNC(c1sccc1OC)C1CCCCCC1. The molecular weight excluding hydrogens is 230 g/mol. The van der Waals surface area contributed by atoms with Crippen LogP contribution in [0.4, 0.5) is 0 Å². The number of methoxy groups -OCH3 is 1. The van der Waals surface area contributed by atoms with Crippen molar-refractivity contribution in [2.75, 3.05) is 14.2 Å². The molecule has 0 spiro atoms. The normalized spacial score (nSPS) is 19.9. The minimum absolute atomic E-state index is 0.475. The predicted molar refractivity (Wildman–Crippen MR) is 73.9 cm³/mol. The van der Waals surface area contributed by atoms with Gasteiger partial charge in [-0.3, -0.25) is 0 Å². The summed E-state index contributed by atoms with van der Waals surface area (Å²) in [4.78, 5) is 1.38. The Morgan fingerprint density at radius 1 is 1.29 bits per heavy atom. The van der Waals surface area contributed by atoms with Crippen molar-refractivity contribution in [2.24, 2.45) is 5.92 Å². The van der Waals surface area contributed by atoms with Crippen molar-refractivity contribution in [3.63, 3.8) is 0 Å². The van der Waals surface area contributed by atoms with Crippen molar-refractivity contribution in [3.05, 3.63) is 16.3 Å². The average Bonchev–Trinajstić information content (AvgIpc) is 2.65. The molecule has 1 aromatic heterocycles. The summed E-state index contributed by atoms with van der Waals surface area (Å²) in [7, 11) is 3.85. The summed E-state index contributed by atoms with van der Waals surface area (Å²) in [5, 5.41) is 5.64. The fraction of sp³-hybridized carbons (Fsp3) is 0.714. The van der Waals surface area contributed by atoms with Crippen LogP contribution in [0.2, 0.25) is 0 Å². The van der Waals surface area contributed by atoms with Gasteiger partial charge in [0.1, 0.15) is 5.75 Å². The molecule has 1 heterocycles. The zero-order chi connectivity index (χ0) is 12.1. The molecule has 0 radical (unpaired) electrons. The van der Waals surface area contributed by atoms with E-state index in [0.29, 0.717) is 6.04 Å². The van der Waals surface area contributed by atoms with E-state index in [4.69, 9.17) is 4.74 Å². The topological polar surface area (TPSA) is 21.3 Å². The number of thiophene rings is 1. The lowest BCUT2D eigenvalue weighted by Crippen LogP contribution is -2.24. The Morgan fingerprint density at radius 2 is 2.00 bits per heavy atom. The minimum atomic E-state index is 0.475. The van der Waals surface area contributed by atoms with Crippen molar-refractivity contribution in [3.8, 4) is 5.75 Å². The Balaban J connectivity index is 2.14. The molecule has 1 saturated carbocycles. The third-order valence-corrected chi connectivity index (χ3v) is 4.82. The van der Waals surface area contributed by atoms with Gasteiger partial charge in [-0.2, -0.15) is 0 Å². The first-order valence-electron chi connectivity index (χ1n) is 6.65. The molecule has 2 rings (SSSR count). The van der Waals surface area contributed by atoms with E-state index in [0.717, 1.165) is 11.7 Å². The number of nitrogens with one attached hydrogen (secondary N) is 1. The maximum absolute atomic E-state index is 5.46. The summed E-state index contributed by atoms with van der Waals surface area (Å²) in [6.45, 7) is 0. The van der Waals surface area contributed by atoms with Gasteiger partial charge >= 0.3 is 0 Å². The molecule has 0 amide bonds. The first kappa shape index (κ1) is 12.9. The molecule has 17 heavy (non-hydrogen) atoms. The van der Waals surface area contributed by atoms with E-state index in [1.54, 1.807) is 7.11 Å². The van der Waals surface area contributed by atoms with Gasteiger partial charge in [0, 0.05) is 6.04 Å². The van der Waals surface area contributed by atoms with E-state index in [1.165, 1.54) is 43.4 Å². The van der Waals surface area contributed by atoms with Crippen LogP contribution in [0.3, 0.4) is 0 Å². The highest BCUT2D eigenvalue weighted by molar-refractivity contribution is 7.10. The molecule has 1 aromatic rings. The molecule has 2 nitrogen and oxygen atoms in total. The first-order valence-corrected chi connectivity index (χ1v) is 7.53. The number of hydrogen-bond acceptors (Lipinski definition) is 3. The van der Waals surface area contributed by atoms with Gasteiger partial charge in [0.15, 0.2) is 0 Å². The van der Waals surface area contributed by atoms with Crippen LogP contribution in [0.1, 0.15) is 49.4 Å². The first-order chi connectivity index (χ1) is 8.36. The van der Waals surface area contributed by atoms with Crippen LogP contribution in [0.15, 0.2) is 11.4 Å². The largest absolute Gasteiger partial charge is 0.496 e. The molecule has 1 N–H and O–H groups in total. The zero-order valence-corrected chi connectivity index (χ0v) is 11.7. The number of ether oxygens (including phenoxy) is 1. The van der Waals surface area contributed by atoms with Gasteiger partial charge in [0.25, 0.3) is 0 Å². The molecule has 0 aliphatic heterocycles. The quantitative estimate of drug-likeness (QED) is 0.819. The Labute approximate surface area is 108 Å². The number of hydrogen-bond donors (Lipinski definition) is 1. The molecule has 0 saturated heterocycles. The second-order valence-electron chi connectivity index (χ2n) is 4.87. The third-order valence-electron chi connectivity index (χ3n) is 3.84. The Morgan fingerprint density at radius 3 is 2.59 bits per heavy atom. The molecule has 1 atom stereocenters. The summed E-state index contributed by atoms with van der Waals surface area (Å²) in [6.07, 6.45) is 8.30. The van der Waals surface area contributed by atoms with Gasteiger partial charge in [-0.25, -0.2) is 0 Å². The van der Waals surface area contributed by atoms with E-state index in [1.807, 2.05) is 11.3 Å². The Hall–Kier alpha value is -0.540. The van der Waals surface area contributed by atoms with Crippen LogP contribution in [0.5, 0.6) is 5.75 Å². The van der Waals surface area contributed by atoms with Gasteiger partial charge in [-0.05, 0) is 37.3 Å². The molecule has 3 heteroatoms. The summed E-state index contributed by atoms with van der Waals surface area (Å²) in [5.41, 5.74) is 0. The maximum atomic E-state index is 5.46. The van der Waals surface area contributed by atoms with E-state index in [2.05, 4.69) is 23.8 Å². The van der Waals surface area contributed by atoms with Crippen molar-refractivity contribution in [2.45, 2.75) is 44.6 Å². The average molecular weight is 253 g/mol. The predicted octanol–water partition coefficient (Wildman–Crippen LogP) is 3.99. The van der Waals surface area contributed by atoms with Crippen LogP contribution in [-0.4, -0.2) is 14.2 Å². The molecule has 0 bridgehead atoms. The molecule has 0 aromatic carbocycles. The minimum Gasteiger partial charge on any atom is -0.496 e. The third kappa shape index (κ3) is 3.02. The van der Waals surface area contributed by atoms with Gasteiger partial charge in [-0.15, -0.1) is 11.3 Å². The van der Waals surface area contributed by atoms with Gasteiger partial charge < -0.3 is 10.1 Å². The monoisotopic (exact) mass is 253 g/mol. The molecule has 1 aliphatic rings. The highest BCUT2D eigenvalue weighted by atomic mass is 32.1. The lowest BCUT2D eigenvalue weighted by molar-refractivity contribution is 0.332. The van der Waals surface area contributed by atoms with E-state index in [-0.39, 0.29) is 0 Å². The van der Waals surface area contributed by atoms with E-state index >= 15 is 0 Å².